The Hall–Kier alpha value is -0.0800. The minimum absolute atomic E-state index is 0.724. The van der Waals surface area contributed by atoms with Crippen LogP contribution in [0.15, 0.2) is 0 Å². The lowest BCUT2D eigenvalue weighted by molar-refractivity contribution is 0.0996. The minimum atomic E-state index is 0.724. The van der Waals surface area contributed by atoms with E-state index in [0.717, 1.165) is 29.8 Å². The lowest BCUT2D eigenvalue weighted by Crippen LogP contribution is -2.52. The Balaban J connectivity index is 1.82. The number of nitrogens with zero attached hydrogens (tertiary/aromatic N) is 1. The number of rotatable bonds is 5. The van der Waals surface area contributed by atoms with E-state index >= 15 is 0 Å². The molecule has 0 amide bonds. The van der Waals surface area contributed by atoms with Gasteiger partial charge in [0.1, 0.15) is 0 Å². The Bertz CT molecular complexity index is 235. The first kappa shape index (κ1) is 13.4. The molecule has 2 fully saturated rings. The number of likely N-dealkylation sites (tertiary alicyclic amines) is 1. The predicted molar refractivity (Wildman–Crippen MR) is 74.2 cm³/mol. The van der Waals surface area contributed by atoms with Gasteiger partial charge in [0, 0.05) is 25.2 Å². The van der Waals surface area contributed by atoms with Crippen molar-refractivity contribution in [3.8, 4) is 0 Å². The van der Waals surface area contributed by atoms with Crippen LogP contribution in [0.1, 0.15) is 47.0 Å². The van der Waals surface area contributed by atoms with Crippen molar-refractivity contribution in [3.63, 3.8) is 0 Å². The van der Waals surface area contributed by atoms with E-state index in [4.69, 9.17) is 0 Å². The van der Waals surface area contributed by atoms with E-state index in [1.807, 2.05) is 0 Å². The SMILES string of the molecule is CC(C)CNC1CC(C)CN(C(C)C2CC2)C1. The molecule has 1 saturated heterocycles. The van der Waals surface area contributed by atoms with E-state index in [0.29, 0.717) is 0 Å². The van der Waals surface area contributed by atoms with Gasteiger partial charge in [-0.1, -0.05) is 20.8 Å². The van der Waals surface area contributed by atoms with E-state index in [1.54, 1.807) is 0 Å². The van der Waals surface area contributed by atoms with Crippen LogP contribution in [0.3, 0.4) is 0 Å². The second kappa shape index (κ2) is 5.71. The lowest BCUT2D eigenvalue weighted by atomic mass is 9.93. The summed E-state index contributed by atoms with van der Waals surface area (Å²) in [6.07, 6.45) is 4.30. The predicted octanol–water partition coefficient (Wildman–Crippen LogP) is 2.74. The molecule has 2 aliphatic rings. The smallest absolute Gasteiger partial charge is 0.0198 e. The molecule has 1 saturated carbocycles. The standard InChI is InChI=1S/C15H30N2/c1-11(2)8-16-15-7-12(3)9-17(10-15)13(4)14-5-6-14/h11-16H,5-10H2,1-4H3. The largest absolute Gasteiger partial charge is 0.312 e. The summed E-state index contributed by atoms with van der Waals surface area (Å²) in [6.45, 7) is 13.2. The highest BCUT2D eigenvalue weighted by atomic mass is 15.2. The van der Waals surface area contributed by atoms with Gasteiger partial charge in [-0.25, -0.2) is 0 Å². The summed E-state index contributed by atoms with van der Waals surface area (Å²) in [5.74, 6) is 2.63. The number of hydrogen-bond donors (Lipinski definition) is 1. The second-order valence-corrected chi connectivity index (χ2v) is 6.87. The van der Waals surface area contributed by atoms with Crippen LogP contribution in [-0.4, -0.2) is 36.6 Å². The molecule has 1 aliphatic carbocycles. The Kier molecular flexibility index (Phi) is 4.48. The van der Waals surface area contributed by atoms with E-state index in [-0.39, 0.29) is 0 Å². The molecule has 0 aromatic carbocycles. The van der Waals surface area contributed by atoms with Gasteiger partial charge in [0.15, 0.2) is 0 Å². The van der Waals surface area contributed by atoms with E-state index in [1.165, 1.54) is 38.9 Å². The van der Waals surface area contributed by atoms with Gasteiger partial charge in [0.2, 0.25) is 0 Å². The molecule has 2 rings (SSSR count). The van der Waals surface area contributed by atoms with Gasteiger partial charge in [0.25, 0.3) is 0 Å². The van der Waals surface area contributed by atoms with Crippen molar-refractivity contribution < 1.29 is 0 Å². The summed E-state index contributed by atoms with van der Waals surface area (Å²) in [5, 5.41) is 3.75. The van der Waals surface area contributed by atoms with Gasteiger partial charge in [-0.3, -0.25) is 4.90 Å². The summed E-state index contributed by atoms with van der Waals surface area (Å²) in [7, 11) is 0. The third kappa shape index (κ3) is 3.96. The van der Waals surface area contributed by atoms with Crippen LogP contribution in [0, 0.1) is 17.8 Å². The summed E-state index contributed by atoms with van der Waals surface area (Å²) >= 11 is 0. The number of piperidine rings is 1. The highest BCUT2D eigenvalue weighted by Crippen LogP contribution is 2.36. The number of hydrogen-bond acceptors (Lipinski definition) is 2. The molecule has 0 aromatic rings. The molecule has 0 bridgehead atoms. The summed E-state index contributed by atoms with van der Waals surface area (Å²) < 4.78 is 0. The Labute approximate surface area is 107 Å². The first-order valence-electron chi connectivity index (χ1n) is 7.53. The molecule has 1 N–H and O–H groups in total. The van der Waals surface area contributed by atoms with Crippen molar-refractivity contribution in [2.24, 2.45) is 17.8 Å². The fourth-order valence-corrected chi connectivity index (χ4v) is 3.15. The maximum Gasteiger partial charge on any atom is 0.0198 e. The van der Waals surface area contributed by atoms with Crippen LogP contribution < -0.4 is 5.32 Å². The van der Waals surface area contributed by atoms with Crippen LogP contribution in [0.2, 0.25) is 0 Å². The van der Waals surface area contributed by atoms with Crippen LogP contribution in [0.4, 0.5) is 0 Å². The molecule has 0 radical (unpaired) electrons. The summed E-state index contributed by atoms with van der Waals surface area (Å²) in [6, 6.07) is 1.54. The summed E-state index contributed by atoms with van der Waals surface area (Å²) in [4.78, 5) is 2.74. The quantitative estimate of drug-likeness (QED) is 0.792. The van der Waals surface area contributed by atoms with Crippen LogP contribution >= 0.6 is 0 Å². The molecule has 2 heteroatoms. The van der Waals surface area contributed by atoms with Crippen molar-refractivity contribution >= 4 is 0 Å². The van der Waals surface area contributed by atoms with Crippen LogP contribution in [0.25, 0.3) is 0 Å². The normalized spacial score (nSPS) is 33.0. The van der Waals surface area contributed by atoms with Gasteiger partial charge in [0.05, 0.1) is 0 Å². The fraction of sp³-hybridized carbons (Fsp3) is 1.00. The average molecular weight is 238 g/mol. The molecular weight excluding hydrogens is 208 g/mol. The highest BCUT2D eigenvalue weighted by molar-refractivity contribution is 4.90. The van der Waals surface area contributed by atoms with Crippen molar-refractivity contribution in [2.75, 3.05) is 19.6 Å². The molecule has 2 nitrogen and oxygen atoms in total. The summed E-state index contributed by atoms with van der Waals surface area (Å²) in [5.41, 5.74) is 0. The van der Waals surface area contributed by atoms with Crippen LogP contribution in [-0.2, 0) is 0 Å². The zero-order valence-electron chi connectivity index (χ0n) is 12.1. The Morgan fingerprint density at radius 3 is 2.47 bits per heavy atom. The molecule has 100 valence electrons. The second-order valence-electron chi connectivity index (χ2n) is 6.87. The maximum absolute atomic E-state index is 3.75. The first-order valence-corrected chi connectivity index (χ1v) is 7.53. The van der Waals surface area contributed by atoms with Gasteiger partial charge in [-0.15, -0.1) is 0 Å². The van der Waals surface area contributed by atoms with E-state index in [2.05, 4.69) is 37.9 Å². The zero-order valence-corrected chi connectivity index (χ0v) is 12.1. The maximum atomic E-state index is 3.75. The molecule has 17 heavy (non-hydrogen) atoms. The molecular formula is C15H30N2. The average Bonchev–Trinajstić information content (AvgIpc) is 3.08. The third-order valence-electron chi connectivity index (χ3n) is 4.38. The molecule has 3 unspecified atom stereocenters. The lowest BCUT2D eigenvalue weighted by Gasteiger charge is -2.40. The van der Waals surface area contributed by atoms with Gasteiger partial charge >= 0.3 is 0 Å². The monoisotopic (exact) mass is 238 g/mol. The van der Waals surface area contributed by atoms with Crippen molar-refractivity contribution in [3.05, 3.63) is 0 Å². The molecule has 0 spiro atoms. The Morgan fingerprint density at radius 1 is 1.18 bits per heavy atom. The zero-order chi connectivity index (χ0) is 12.4. The van der Waals surface area contributed by atoms with Gasteiger partial charge in [-0.2, -0.15) is 0 Å². The molecule has 1 aliphatic heterocycles. The van der Waals surface area contributed by atoms with E-state index < -0.39 is 0 Å². The van der Waals surface area contributed by atoms with Gasteiger partial charge < -0.3 is 5.32 Å². The molecule has 3 atom stereocenters. The van der Waals surface area contributed by atoms with Crippen molar-refractivity contribution in [1.29, 1.82) is 0 Å². The van der Waals surface area contributed by atoms with E-state index in [9.17, 15) is 0 Å². The fourth-order valence-electron chi connectivity index (χ4n) is 3.15. The molecule has 0 aromatic heterocycles. The van der Waals surface area contributed by atoms with Gasteiger partial charge in [-0.05, 0) is 50.5 Å². The minimum Gasteiger partial charge on any atom is -0.312 e. The highest BCUT2D eigenvalue weighted by Gasteiger charge is 2.35. The van der Waals surface area contributed by atoms with Crippen molar-refractivity contribution in [2.45, 2.75) is 59.0 Å². The first-order chi connectivity index (χ1) is 8.06. The molecule has 1 heterocycles. The van der Waals surface area contributed by atoms with Crippen molar-refractivity contribution in [1.82, 2.24) is 10.2 Å². The van der Waals surface area contributed by atoms with Crippen LogP contribution in [0.5, 0.6) is 0 Å². The number of nitrogens with one attached hydrogen (secondary N) is 1. The Morgan fingerprint density at radius 2 is 1.88 bits per heavy atom. The topological polar surface area (TPSA) is 15.3 Å². The third-order valence-corrected chi connectivity index (χ3v) is 4.38.